The molecule has 1 unspecified atom stereocenters. The number of hydrogen-bond donors (Lipinski definition) is 0. The predicted octanol–water partition coefficient (Wildman–Crippen LogP) is 3.99. The molecule has 0 bridgehead atoms. The smallest absolute Gasteiger partial charge is 0.227 e. The summed E-state index contributed by atoms with van der Waals surface area (Å²) in [5.41, 5.74) is 4.45. The number of hydrogen-bond acceptors (Lipinski definition) is 2. The molecule has 4 heteroatoms. The fourth-order valence-electron chi connectivity index (χ4n) is 2.45. The lowest BCUT2D eigenvalue weighted by molar-refractivity contribution is -0.118. The summed E-state index contributed by atoms with van der Waals surface area (Å²) < 4.78 is 0. The highest BCUT2D eigenvalue weighted by molar-refractivity contribution is 7.08. The molecule has 1 aliphatic heterocycles. The van der Waals surface area contributed by atoms with E-state index in [1.54, 1.807) is 16.2 Å². The number of nitrogens with zero attached hydrogens (tertiary/aromatic N) is 1. The van der Waals surface area contributed by atoms with Crippen LogP contribution in [0.3, 0.4) is 0 Å². The minimum atomic E-state index is -0.112. The van der Waals surface area contributed by atoms with Crippen LogP contribution in [0.1, 0.15) is 28.5 Å². The van der Waals surface area contributed by atoms with Crippen molar-refractivity contribution in [2.24, 2.45) is 0 Å². The Morgan fingerprint density at radius 1 is 1.26 bits per heavy atom. The van der Waals surface area contributed by atoms with Crippen molar-refractivity contribution in [1.82, 2.24) is 0 Å². The van der Waals surface area contributed by atoms with Crippen molar-refractivity contribution in [3.63, 3.8) is 0 Å². The quantitative estimate of drug-likeness (QED) is 0.766. The monoisotopic (exact) mass is 291 g/mol. The Labute approximate surface area is 121 Å². The minimum absolute atomic E-state index is 0.112. The van der Waals surface area contributed by atoms with E-state index in [0.29, 0.717) is 6.42 Å². The van der Waals surface area contributed by atoms with E-state index in [-0.39, 0.29) is 11.3 Å². The van der Waals surface area contributed by atoms with E-state index in [0.717, 1.165) is 23.2 Å². The van der Waals surface area contributed by atoms with Gasteiger partial charge in [0.1, 0.15) is 0 Å². The van der Waals surface area contributed by atoms with Crippen molar-refractivity contribution in [1.29, 1.82) is 0 Å². The Morgan fingerprint density at radius 3 is 2.84 bits per heavy atom. The molecule has 2 aromatic rings. The molecule has 0 aliphatic carbocycles. The lowest BCUT2D eigenvalue weighted by Gasteiger charge is -2.26. The Hall–Kier alpha value is -1.32. The van der Waals surface area contributed by atoms with Crippen LogP contribution < -0.4 is 4.90 Å². The third-order valence-electron chi connectivity index (χ3n) is 3.58. The highest BCUT2D eigenvalue weighted by Crippen LogP contribution is 2.34. The molecule has 0 N–H and O–H groups in total. The summed E-state index contributed by atoms with van der Waals surface area (Å²) in [6, 6.07) is 8.21. The van der Waals surface area contributed by atoms with Crippen LogP contribution in [0.2, 0.25) is 0 Å². The van der Waals surface area contributed by atoms with Gasteiger partial charge in [0.05, 0.1) is 5.38 Å². The van der Waals surface area contributed by atoms with Crippen molar-refractivity contribution >= 4 is 34.5 Å². The molecular weight excluding hydrogens is 278 g/mol. The number of carbonyl (C=O) groups is 1. The molecule has 3 rings (SSSR count). The summed E-state index contributed by atoms with van der Waals surface area (Å²) in [7, 11) is 1.83. The molecule has 0 saturated heterocycles. The Kier molecular flexibility index (Phi) is 3.33. The van der Waals surface area contributed by atoms with E-state index >= 15 is 0 Å². The Morgan fingerprint density at radius 2 is 2.11 bits per heavy atom. The van der Waals surface area contributed by atoms with Crippen molar-refractivity contribution in [2.75, 3.05) is 11.9 Å². The standard InChI is InChI=1S/C15H14ClNOS/c1-17-13-4-2-11(8-10(13)3-5-14(17)18)15(16)12-6-7-19-9-12/h2,4,6-9,15H,3,5H2,1H3. The fourth-order valence-corrected chi connectivity index (χ4v) is 3.48. The van der Waals surface area contributed by atoms with Gasteiger partial charge in [-0.3, -0.25) is 4.79 Å². The predicted molar refractivity (Wildman–Crippen MR) is 80.2 cm³/mol. The van der Waals surface area contributed by atoms with Gasteiger partial charge in [-0.2, -0.15) is 11.3 Å². The lowest BCUT2D eigenvalue weighted by atomic mass is 9.97. The lowest BCUT2D eigenvalue weighted by Crippen LogP contribution is -2.31. The van der Waals surface area contributed by atoms with Crippen LogP contribution in [0.25, 0.3) is 0 Å². The second-order valence-electron chi connectivity index (χ2n) is 4.76. The van der Waals surface area contributed by atoms with Crippen molar-refractivity contribution in [3.8, 4) is 0 Å². The van der Waals surface area contributed by atoms with Gasteiger partial charge in [-0.1, -0.05) is 12.1 Å². The number of halogens is 1. The number of carbonyl (C=O) groups excluding carboxylic acids is 1. The summed E-state index contributed by atoms with van der Waals surface area (Å²) in [6.07, 6.45) is 1.39. The van der Waals surface area contributed by atoms with Gasteiger partial charge >= 0.3 is 0 Å². The molecule has 0 spiro atoms. The first-order valence-electron chi connectivity index (χ1n) is 6.22. The van der Waals surface area contributed by atoms with Crippen LogP contribution >= 0.6 is 22.9 Å². The molecule has 2 heterocycles. The molecule has 1 aromatic heterocycles. The molecule has 1 aliphatic rings. The second kappa shape index (κ2) is 4.99. The van der Waals surface area contributed by atoms with Gasteiger partial charge in [-0.05, 0) is 46.0 Å². The SMILES string of the molecule is CN1C(=O)CCc2cc(C(Cl)c3ccsc3)ccc21. The van der Waals surface area contributed by atoms with Crippen LogP contribution in [0.4, 0.5) is 5.69 Å². The zero-order valence-electron chi connectivity index (χ0n) is 10.6. The molecule has 1 aromatic carbocycles. The van der Waals surface area contributed by atoms with Crippen LogP contribution in [-0.2, 0) is 11.2 Å². The molecule has 0 saturated carbocycles. The fraction of sp³-hybridized carbons (Fsp3) is 0.267. The first-order chi connectivity index (χ1) is 9.16. The van der Waals surface area contributed by atoms with E-state index in [1.165, 1.54) is 5.56 Å². The Balaban J connectivity index is 1.96. The van der Waals surface area contributed by atoms with Crippen LogP contribution in [-0.4, -0.2) is 13.0 Å². The summed E-state index contributed by atoms with van der Waals surface area (Å²) in [4.78, 5) is 13.4. The zero-order chi connectivity index (χ0) is 13.4. The van der Waals surface area contributed by atoms with Crippen molar-refractivity contribution < 1.29 is 4.79 Å². The summed E-state index contributed by atoms with van der Waals surface area (Å²) in [5, 5.41) is 4.00. The number of benzene rings is 1. The normalized spacial score (nSPS) is 16.3. The van der Waals surface area contributed by atoms with Gasteiger partial charge < -0.3 is 4.90 Å². The third-order valence-corrected chi connectivity index (χ3v) is 4.78. The molecule has 1 amide bonds. The van der Waals surface area contributed by atoms with Crippen molar-refractivity contribution in [2.45, 2.75) is 18.2 Å². The van der Waals surface area contributed by atoms with E-state index in [1.807, 2.05) is 24.6 Å². The number of thiophene rings is 1. The molecular formula is C15H14ClNOS. The highest BCUT2D eigenvalue weighted by Gasteiger charge is 2.22. The second-order valence-corrected chi connectivity index (χ2v) is 5.98. The van der Waals surface area contributed by atoms with E-state index < -0.39 is 0 Å². The molecule has 0 fully saturated rings. The maximum absolute atomic E-state index is 11.7. The van der Waals surface area contributed by atoms with E-state index in [9.17, 15) is 4.79 Å². The first-order valence-corrected chi connectivity index (χ1v) is 7.60. The molecule has 2 nitrogen and oxygen atoms in total. The van der Waals surface area contributed by atoms with Gasteiger partial charge in [0.2, 0.25) is 5.91 Å². The molecule has 1 atom stereocenters. The van der Waals surface area contributed by atoms with Gasteiger partial charge in [-0.25, -0.2) is 0 Å². The largest absolute Gasteiger partial charge is 0.315 e. The average molecular weight is 292 g/mol. The number of amides is 1. The molecule has 98 valence electrons. The van der Waals surface area contributed by atoms with E-state index in [4.69, 9.17) is 11.6 Å². The number of rotatable bonds is 2. The summed E-state index contributed by atoms with van der Waals surface area (Å²) >= 11 is 8.16. The highest BCUT2D eigenvalue weighted by atomic mass is 35.5. The summed E-state index contributed by atoms with van der Waals surface area (Å²) in [6.45, 7) is 0. The van der Waals surface area contributed by atoms with Crippen LogP contribution in [0.15, 0.2) is 35.0 Å². The van der Waals surface area contributed by atoms with Crippen molar-refractivity contribution in [3.05, 3.63) is 51.7 Å². The topological polar surface area (TPSA) is 20.3 Å². The van der Waals surface area contributed by atoms with Gasteiger partial charge in [0.25, 0.3) is 0 Å². The van der Waals surface area contributed by atoms with Crippen LogP contribution in [0, 0.1) is 0 Å². The van der Waals surface area contributed by atoms with Gasteiger partial charge in [-0.15, -0.1) is 11.6 Å². The van der Waals surface area contributed by atoms with Gasteiger partial charge in [0, 0.05) is 19.2 Å². The number of alkyl halides is 1. The van der Waals surface area contributed by atoms with Crippen LogP contribution in [0.5, 0.6) is 0 Å². The van der Waals surface area contributed by atoms with Gasteiger partial charge in [0.15, 0.2) is 0 Å². The third kappa shape index (κ3) is 2.28. The maximum Gasteiger partial charge on any atom is 0.227 e. The summed E-state index contributed by atoms with van der Waals surface area (Å²) in [5.74, 6) is 0.181. The first kappa shape index (κ1) is 12.7. The number of anilines is 1. The maximum atomic E-state index is 11.7. The molecule has 0 radical (unpaired) electrons. The zero-order valence-corrected chi connectivity index (χ0v) is 12.2. The van der Waals surface area contributed by atoms with E-state index in [2.05, 4.69) is 17.5 Å². The minimum Gasteiger partial charge on any atom is -0.315 e. The molecule has 19 heavy (non-hydrogen) atoms. The number of fused-ring (bicyclic) bond motifs is 1. The average Bonchev–Trinajstić information content (AvgIpc) is 2.96. The number of aryl methyl sites for hydroxylation is 1. The Bertz CT molecular complexity index is 609.